The molecule has 0 radical (unpaired) electrons. The third-order valence-corrected chi connectivity index (χ3v) is 4.47. The average Bonchev–Trinajstić information content (AvgIpc) is 2.80. The van der Waals surface area contributed by atoms with E-state index in [0.717, 1.165) is 12.0 Å². The van der Waals surface area contributed by atoms with E-state index in [9.17, 15) is 0 Å². The molecule has 0 bridgehead atoms. The van der Waals surface area contributed by atoms with Crippen molar-refractivity contribution in [3.63, 3.8) is 0 Å². The highest BCUT2D eigenvalue weighted by molar-refractivity contribution is 7.09. The number of hydrogen-bond donors (Lipinski definition) is 1. The van der Waals surface area contributed by atoms with E-state index >= 15 is 0 Å². The van der Waals surface area contributed by atoms with Crippen molar-refractivity contribution in [1.29, 1.82) is 0 Å². The summed E-state index contributed by atoms with van der Waals surface area (Å²) >= 11 is 13.9. The topological polar surface area (TPSA) is 26.0 Å². The predicted octanol–water partition coefficient (Wildman–Crippen LogP) is 4.51. The maximum Gasteiger partial charge on any atom is 0.0423 e. The zero-order chi connectivity index (χ0) is 13.2. The number of halogens is 2. The number of benzene rings is 1. The van der Waals surface area contributed by atoms with Gasteiger partial charge in [-0.2, -0.15) is 0 Å². The van der Waals surface area contributed by atoms with E-state index in [4.69, 9.17) is 28.9 Å². The largest absolute Gasteiger partial charge is 0.330 e. The fourth-order valence-corrected chi connectivity index (χ4v) is 3.41. The third-order valence-electron chi connectivity index (χ3n) is 3.15. The Morgan fingerprint density at radius 2 is 1.89 bits per heavy atom. The van der Waals surface area contributed by atoms with Crippen LogP contribution in [0.15, 0.2) is 35.7 Å². The normalized spacial score (nSPS) is 14.4. The summed E-state index contributed by atoms with van der Waals surface area (Å²) in [6.07, 6.45) is 0.901. The molecule has 96 valence electrons. The second kappa shape index (κ2) is 5.62. The molecule has 0 spiro atoms. The second-order valence-corrected chi connectivity index (χ2v) is 6.58. The van der Waals surface area contributed by atoms with Crippen LogP contribution in [0, 0.1) is 0 Å². The molecule has 0 aliphatic rings. The number of nitrogens with two attached hydrogens (primary N) is 1. The molecule has 1 unspecified atom stereocenters. The summed E-state index contributed by atoms with van der Waals surface area (Å²) in [4.78, 5) is 1.32. The second-order valence-electron chi connectivity index (χ2n) is 4.68. The van der Waals surface area contributed by atoms with Crippen molar-refractivity contribution in [3.05, 3.63) is 56.2 Å². The molecule has 2 aromatic rings. The molecule has 2 rings (SSSR count). The maximum atomic E-state index is 6.07. The lowest BCUT2D eigenvalue weighted by Gasteiger charge is -2.28. The SMILES string of the molecule is CC(CN)(Cc1cccs1)c1cc(Cl)cc(Cl)c1. The van der Waals surface area contributed by atoms with Gasteiger partial charge in [-0.25, -0.2) is 0 Å². The Balaban J connectivity index is 2.36. The van der Waals surface area contributed by atoms with Crippen molar-refractivity contribution in [2.24, 2.45) is 5.73 Å². The van der Waals surface area contributed by atoms with Gasteiger partial charge < -0.3 is 5.73 Å². The number of rotatable bonds is 4. The molecular formula is C14H15Cl2NS. The molecule has 1 aromatic carbocycles. The van der Waals surface area contributed by atoms with Crippen LogP contribution in [0.1, 0.15) is 17.4 Å². The standard InChI is InChI=1S/C14H15Cl2NS/c1-14(9-17,8-13-3-2-4-18-13)10-5-11(15)7-12(16)6-10/h2-7H,8-9,17H2,1H3. The molecule has 0 saturated carbocycles. The van der Waals surface area contributed by atoms with Crippen molar-refractivity contribution >= 4 is 34.5 Å². The van der Waals surface area contributed by atoms with Crippen LogP contribution in [-0.4, -0.2) is 6.54 Å². The Hall–Kier alpha value is -0.540. The van der Waals surface area contributed by atoms with Crippen LogP contribution in [0.4, 0.5) is 0 Å². The fourth-order valence-electron chi connectivity index (χ4n) is 1.99. The Morgan fingerprint density at radius 3 is 2.39 bits per heavy atom. The van der Waals surface area contributed by atoms with E-state index in [1.165, 1.54) is 4.88 Å². The highest BCUT2D eigenvalue weighted by atomic mass is 35.5. The van der Waals surface area contributed by atoms with Crippen molar-refractivity contribution in [2.45, 2.75) is 18.8 Å². The Morgan fingerprint density at radius 1 is 1.22 bits per heavy atom. The summed E-state index contributed by atoms with van der Waals surface area (Å²) in [5.74, 6) is 0. The van der Waals surface area contributed by atoms with Crippen LogP contribution in [-0.2, 0) is 11.8 Å². The van der Waals surface area contributed by atoms with Crippen LogP contribution in [0.2, 0.25) is 10.0 Å². The minimum Gasteiger partial charge on any atom is -0.330 e. The third kappa shape index (κ3) is 3.07. The quantitative estimate of drug-likeness (QED) is 0.883. The minimum absolute atomic E-state index is 0.139. The first-order valence-electron chi connectivity index (χ1n) is 5.72. The molecule has 0 aliphatic heterocycles. The van der Waals surface area contributed by atoms with Crippen molar-refractivity contribution in [2.75, 3.05) is 6.54 Å². The van der Waals surface area contributed by atoms with Gasteiger partial charge in [0.05, 0.1) is 0 Å². The lowest BCUT2D eigenvalue weighted by atomic mass is 9.79. The number of thiophene rings is 1. The van der Waals surface area contributed by atoms with E-state index < -0.39 is 0 Å². The van der Waals surface area contributed by atoms with Crippen LogP contribution < -0.4 is 5.73 Å². The molecule has 1 atom stereocenters. The Kier molecular flexibility index (Phi) is 4.33. The van der Waals surface area contributed by atoms with E-state index in [1.807, 2.05) is 12.1 Å². The average molecular weight is 300 g/mol. The van der Waals surface area contributed by atoms with Crippen LogP contribution >= 0.6 is 34.5 Å². The fraction of sp³-hybridized carbons (Fsp3) is 0.286. The minimum atomic E-state index is -0.139. The van der Waals surface area contributed by atoms with Crippen LogP contribution in [0.5, 0.6) is 0 Å². The first-order valence-corrected chi connectivity index (χ1v) is 7.36. The first kappa shape index (κ1) is 13.9. The Bertz CT molecular complexity index is 504. The summed E-state index contributed by atoms with van der Waals surface area (Å²) in [5.41, 5.74) is 6.93. The van der Waals surface area contributed by atoms with Gasteiger partial charge in [0.25, 0.3) is 0 Å². The van der Waals surface area contributed by atoms with Gasteiger partial charge in [-0.05, 0) is 41.6 Å². The highest BCUT2D eigenvalue weighted by Gasteiger charge is 2.26. The molecule has 18 heavy (non-hydrogen) atoms. The van der Waals surface area contributed by atoms with Crippen molar-refractivity contribution < 1.29 is 0 Å². The predicted molar refractivity (Wildman–Crippen MR) is 80.9 cm³/mol. The van der Waals surface area contributed by atoms with E-state index in [1.54, 1.807) is 17.4 Å². The molecule has 0 saturated heterocycles. The van der Waals surface area contributed by atoms with Gasteiger partial charge in [0.1, 0.15) is 0 Å². The molecule has 1 aromatic heterocycles. The van der Waals surface area contributed by atoms with Gasteiger partial charge in [-0.3, -0.25) is 0 Å². The van der Waals surface area contributed by atoms with Gasteiger partial charge >= 0.3 is 0 Å². The summed E-state index contributed by atoms with van der Waals surface area (Å²) in [7, 11) is 0. The highest BCUT2D eigenvalue weighted by Crippen LogP contribution is 2.32. The van der Waals surface area contributed by atoms with Gasteiger partial charge in [0.2, 0.25) is 0 Å². The zero-order valence-corrected chi connectivity index (χ0v) is 12.4. The maximum absolute atomic E-state index is 6.07. The van der Waals surface area contributed by atoms with E-state index in [2.05, 4.69) is 24.4 Å². The van der Waals surface area contributed by atoms with E-state index in [0.29, 0.717) is 16.6 Å². The first-order chi connectivity index (χ1) is 8.53. The van der Waals surface area contributed by atoms with Crippen molar-refractivity contribution in [1.82, 2.24) is 0 Å². The zero-order valence-electron chi connectivity index (χ0n) is 10.1. The van der Waals surface area contributed by atoms with Gasteiger partial charge in [0.15, 0.2) is 0 Å². The van der Waals surface area contributed by atoms with Gasteiger partial charge in [-0.15, -0.1) is 11.3 Å². The van der Waals surface area contributed by atoms with Crippen LogP contribution in [0.25, 0.3) is 0 Å². The molecular weight excluding hydrogens is 285 g/mol. The molecule has 4 heteroatoms. The smallest absolute Gasteiger partial charge is 0.0423 e. The van der Waals surface area contributed by atoms with E-state index in [-0.39, 0.29) is 5.41 Å². The molecule has 0 amide bonds. The van der Waals surface area contributed by atoms with Gasteiger partial charge in [-0.1, -0.05) is 36.2 Å². The molecule has 2 N–H and O–H groups in total. The summed E-state index contributed by atoms with van der Waals surface area (Å²) < 4.78 is 0. The monoisotopic (exact) mass is 299 g/mol. The molecule has 0 aliphatic carbocycles. The summed E-state index contributed by atoms with van der Waals surface area (Å²) in [6, 6.07) is 9.84. The summed E-state index contributed by atoms with van der Waals surface area (Å²) in [6.45, 7) is 2.70. The van der Waals surface area contributed by atoms with Crippen LogP contribution in [0.3, 0.4) is 0 Å². The van der Waals surface area contributed by atoms with Crippen molar-refractivity contribution in [3.8, 4) is 0 Å². The Labute approximate surface area is 122 Å². The lowest BCUT2D eigenvalue weighted by molar-refractivity contribution is 0.485. The molecule has 1 heterocycles. The lowest BCUT2D eigenvalue weighted by Crippen LogP contribution is -2.34. The molecule has 1 nitrogen and oxygen atoms in total. The summed E-state index contributed by atoms with van der Waals surface area (Å²) in [5, 5.41) is 3.39. The number of hydrogen-bond acceptors (Lipinski definition) is 2. The van der Waals surface area contributed by atoms with Gasteiger partial charge in [0, 0.05) is 26.9 Å². The molecule has 0 fully saturated rings.